The van der Waals surface area contributed by atoms with E-state index in [4.69, 9.17) is 4.74 Å². The number of rotatable bonds is 4. The normalized spacial score (nSPS) is 10.8. The monoisotopic (exact) mass is 348 g/mol. The molecule has 4 aromatic rings. The van der Waals surface area contributed by atoms with Crippen molar-refractivity contribution in [3.63, 3.8) is 0 Å². The van der Waals surface area contributed by atoms with Gasteiger partial charge in [-0.25, -0.2) is 0 Å². The highest BCUT2D eigenvalue weighted by atomic mass is 16.5. The van der Waals surface area contributed by atoms with E-state index in [1.807, 2.05) is 24.4 Å². The van der Waals surface area contributed by atoms with Crippen LogP contribution in [0.2, 0.25) is 0 Å². The number of H-pyrrole nitrogens is 1. The van der Waals surface area contributed by atoms with Crippen LogP contribution in [0.25, 0.3) is 16.6 Å². The van der Waals surface area contributed by atoms with Crippen LogP contribution < -0.4 is 10.1 Å². The van der Waals surface area contributed by atoms with E-state index in [1.165, 1.54) is 0 Å². The number of benzene rings is 2. The molecule has 4 rings (SSSR count). The van der Waals surface area contributed by atoms with Gasteiger partial charge in [0, 0.05) is 23.0 Å². The van der Waals surface area contributed by atoms with Crippen molar-refractivity contribution in [1.82, 2.24) is 25.2 Å². The number of nitrogens with one attached hydrogen (secondary N) is 2. The van der Waals surface area contributed by atoms with Crippen LogP contribution in [-0.4, -0.2) is 38.2 Å². The minimum atomic E-state index is -0.203. The summed E-state index contributed by atoms with van der Waals surface area (Å²) < 4.78 is 6.93. The van der Waals surface area contributed by atoms with Crippen LogP contribution in [0, 0.1) is 6.92 Å². The van der Waals surface area contributed by atoms with Gasteiger partial charge in [-0.1, -0.05) is 6.07 Å². The van der Waals surface area contributed by atoms with Gasteiger partial charge < -0.3 is 15.0 Å². The van der Waals surface area contributed by atoms with E-state index < -0.39 is 0 Å². The average Bonchev–Trinajstić information content (AvgIpc) is 3.29. The fourth-order valence-corrected chi connectivity index (χ4v) is 2.78. The summed E-state index contributed by atoms with van der Waals surface area (Å²) in [6.45, 7) is 1.79. The minimum absolute atomic E-state index is 0.203. The van der Waals surface area contributed by atoms with Crippen molar-refractivity contribution >= 4 is 22.5 Å². The summed E-state index contributed by atoms with van der Waals surface area (Å²) in [5.74, 6) is 1.02. The first-order valence-corrected chi connectivity index (χ1v) is 7.97. The Morgan fingerprint density at radius 3 is 2.85 bits per heavy atom. The maximum Gasteiger partial charge on any atom is 0.255 e. The third-order valence-electron chi connectivity index (χ3n) is 4.11. The topological polar surface area (TPSA) is 97.7 Å². The number of hydrogen-bond acceptors (Lipinski definition) is 5. The molecule has 2 N–H and O–H groups in total. The Balaban J connectivity index is 1.65. The zero-order valence-electron chi connectivity index (χ0n) is 14.2. The van der Waals surface area contributed by atoms with Crippen molar-refractivity contribution in [1.29, 1.82) is 0 Å². The minimum Gasteiger partial charge on any atom is -0.494 e. The summed E-state index contributed by atoms with van der Waals surface area (Å²) in [7, 11) is 1.57. The van der Waals surface area contributed by atoms with Gasteiger partial charge in [0.2, 0.25) is 0 Å². The summed E-state index contributed by atoms with van der Waals surface area (Å²) >= 11 is 0. The molecule has 1 amide bonds. The van der Waals surface area contributed by atoms with Crippen molar-refractivity contribution in [2.75, 3.05) is 12.4 Å². The highest BCUT2D eigenvalue weighted by molar-refractivity contribution is 6.06. The van der Waals surface area contributed by atoms with Gasteiger partial charge in [-0.15, -0.1) is 5.10 Å². The lowest BCUT2D eigenvalue weighted by Crippen LogP contribution is -2.12. The maximum atomic E-state index is 12.6. The molecule has 0 bridgehead atoms. The second kappa shape index (κ2) is 6.32. The van der Waals surface area contributed by atoms with Crippen LogP contribution in [-0.2, 0) is 0 Å². The van der Waals surface area contributed by atoms with Crippen molar-refractivity contribution in [2.24, 2.45) is 0 Å². The van der Waals surface area contributed by atoms with Crippen molar-refractivity contribution < 1.29 is 9.53 Å². The molecule has 0 aliphatic heterocycles. The van der Waals surface area contributed by atoms with Gasteiger partial charge in [0.25, 0.3) is 5.91 Å². The number of ether oxygens (including phenoxy) is 1. The lowest BCUT2D eigenvalue weighted by molar-refractivity contribution is 0.102. The third kappa shape index (κ3) is 2.77. The van der Waals surface area contributed by atoms with Crippen LogP contribution >= 0.6 is 0 Å². The van der Waals surface area contributed by atoms with Crippen LogP contribution in [0.4, 0.5) is 5.69 Å². The molecule has 0 saturated heterocycles. The molecule has 2 aromatic heterocycles. The van der Waals surface area contributed by atoms with Crippen LogP contribution in [0.5, 0.6) is 5.75 Å². The maximum absolute atomic E-state index is 12.6. The van der Waals surface area contributed by atoms with Gasteiger partial charge in [0.1, 0.15) is 11.4 Å². The quantitative estimate of drug-likeness (QED) is 0.591. The number of tetrazole rings is 1. The molecule has 8 nitrogen and oxygen atoms in total. The van der Waals surface area contributed by atoms with Gasteiger partial charge >= 0.3 is 0 Å². The predicted octanol–water partition coefficient (Wildman–Crippen LogP) is 2.71. The lowest BCUT2D eigenvalue weighted by atomic mass is 10.1. The number of amides is 1. The van der Waals surface area contributed by atoms with Gasteiger partial charge in [-0.3, -0.25) is 4.79 Å². The zero-order chi connectivity index (χ0) is 18.1. The van der Waals surface area contributed by atoms with E-state index >= 15 is 0 Å². The molecule has 2 heterocycles. The molecule has 0 atom stereocenters. The van der Waals surface area contributed by atoms with E-state index in [9.17, 15) is 4.79 Å². The number of methoxy groups -OCH3 is 1. The summed E-state index contributed by atoms with van der Waals surface area (Å²) in [6, 6.07) is 12.8. The largest absolute Gasteiger partial charge is 0.494 e. The SMILES string of the molecule is COc1ccc(NC(=O)c2ccc3cc[nH]c3c2)cc1-n1nnnc1C. The Labute approximate surface area is 148 Å². The van der Waals surface area contributed by atoms with Crippen LogP contribution in [0.3, 0.4) is 0 Å². The molecule has 0 spiro atoms. The van der Waals surface area contributed by atoms with E-state index in [1.54, 1.807) is 43.0 Å². The fraction of sp³-hybridized carbons (Fsp3) is 0.111. The molecule has 0 aliphatic carbocycles. The Bertz CT molecular complexity index is 1100. The number of hydrogen-bond donors (Lipinski definition) is 2. The molecule has 2 aromatic carbocycles. The number of fused-ring (bicyclic) bond motifs is 1. The predicted molar refractivity (Wildman–Crippen MR) is 96.7 cm³/mol. The number of aryl methyl sites for hydroxylation is 1. The molecule has 0 saturated carbocycles. The Kier molecular flexibility index (Phi) is 3.85. The molecular formula is C18H16N6O2. The Morgan fingerprint density at radius 1 is 1.19 bits per heavy atom. The number of nitrogens with zero attached hydrogens (tertiary/aromatic N) is 4. The van der Waals surface area contributed by atoms with Crippen LogP contribution in [0.15, 0.2) is 48.7 Å². The number of anilines is 1. The van der Waals surface area contributed by atoms with Crippen molar-refractivity contribution in [3.8, 4) is 11.4 Å². The van der Waals surface area contributed by atoms with Crippen molar-refractivity contribution in [2.45, 2.75) is 6.92 Å². The van der Waals surface area contributed by atoms with Gasteiger partial charge in [0.05, 0.1) is 7.11 Å². The third-order valence-corrected chi connectivity index (χ3v) is 4.11. The smallest absolute Gasteiger partial charge is 0.255 e. The molecular weight excluding hydrogens is 332 g/mol. The first-order chi connectivity index (χ1) is 12.7. The Hall–Kier alpha value is -3.68. The Morgan fingerprint density at radius 2 is 2.08 bits per heavy atom. The molecule has 0 radical (unpaired) electrons. The molecule has 130 valence electrons. The standard InChI is InChI=1S/C18H16N6O2/c1-11-21-22-23-24(11)16-10-14(5-6-17(16)26-2)20-18(25)13-4-3-12-7-8-19-15(12)9-13/h3-10,19H,1-2H3,(H,20,25). The summed E-state index contributed by atoms with van der Waals surface area (Å²) in [5.41, 5.74) is 2.74. The first kappa shape index (κ1) is 15.8. The van der Waals surface area contributed by atoms with E-state index in [0.717, 1.165) is 10.9 Å². The summed E-state index contributed by atoms with van der Waals surface area (Å²) in [6.07, 6.45) is 1.84. The van der Waals surface area contributed by atoms with E-state index in [0.29, 0.717) is 28.5 Å². The summed E-state index contributed by atoms with van der Waals surface area (Å²) in [4.78, 5) is 15.7. The molecule has 0 fully saturated rings. The lowest BCUT2D eigenvalue weighted by Gasteiger charge is -2.12. The van der Waals surface area contributed by atoms with Gasteiger partial charge in [-0.2, -0.15) is 4.68 Å². The fourth-order valence-electron chi connectivity index (χ4n) is 2.78. The second-order valence-electron chi connectivity index (χ2n) is 5.76. The molecule has 8 heteroatoms. The molecule has 0 unspecified atom stereocenters. The highest BCUT2D eigenvalue weighted by Crippen LogP contribution is 2.26. The summed E-state index contributed by atoms with van der Waals surface area (Å²) in [5, 5.41) is 15.5. The average molecular weight is 348 g/mol. The van der Waals surface area contributed by atoms with Gasteiger partial charge in [0.15, 0.2) is 5.82 Å². The second-order valence-corrected chi connectivity index (χ2v) is 5.76. The number of carbonyl (C=O) groups excluding carboxylic acids is 1. The highest BCUT2D eigenvalue weighted by Gasteiger charge is 2.13. The molecule has 26 heavy (non-hydrogen) atoms. The van der Waals surface area contributed by atoms with E-state index in [2.05, 4.69) is 25.8 Å². The number of aromatic nitrogens is 5. The molecule has 0 aliphatic rings. The van der Waals surface area contributed by atoms with E-state index in [-0.39, 0.29) is 5.91 Å². The van der Waals surface area contributed by atoms with Crippen molar-refractivity contribution in [3.05, 3.63) is 60.0 Å². The van der Waals surface area contributed by atoms with Gasteiger partial charge in [-0.05, 0) is 59.1 Å². The first-order valence-electron chi connectivity index (χ1n) is 7.97. The number of aromatic amines is 1. The van der Waals surface area contributed by atoms with Crippen LogP contribution in [0.1, 0.15) is 16.2 Å². The number of carbonyl (C=O) groups is 1. The zero-order valence-corrected chi connectivity index (χ0v) is 14.2.